The van der Waals surface area contributed by atoms with E-state index in [1.165, 1.54) is 12.0 Å². The molecule has 0 atom stereocenters. The van der Waals surface area contributed by atoms with E-state index in [4.69, 9.17) is 9.15 Å². The number of rotatable bonds is 8. The predicted molar refractivity (Wildman–Crippen MR) is 123 cm³/mol. The molecular formula is C26H29N3O2. The minimum Gasteiger partial charge on any atom is -0.487 e. The minimum atomic E-state index is 0.0312. The van der Waals surface area contributed by atoms with Gasteiger partial charge in [-0.1, -0.05) is 36.1 Å². The number of hydrogen-bond donors (Lipinski definition) is 0. The monoisotopic (exact) mass is 415 g/mol. The van der Waals surface area contributed by atoms with Gasteiger partial charge >= 0.3 is 0 Å². The first-order valence-electron chi connectivity index (χ1n) is 10.3. The molecule has 0 spiro atoms. The zero-order valence-corrected chi connectivity index (χ0v) is 18.6. The Hall–Kier alpha value is -3.36. The summed E-state index contributed by atoms with van der Waals surface area (Å²) in [6.45, 7) is 8.38. The van der Waals surface area contributed by atoms with Crippen LogP contribution in [0.15, 0.2) is 71.6 Å². The number of nitrogens with zero attached hydrogens (tertiary/aromatic N) is 3. The Morgan fingerprint density at radius 1 is 1.16 bits per heavy atom. The highest BCUT2D eigenvalue weighted by Gasteiger charge is 2.06. The summed E-state index contributed by atoms with van der Waals surface area (Å²) in [7, 11) is 2.09. The molecule has 2 aromatic heterocycles. The van der Waals surface area contributed by atoms with Crippen LogP contribution in [0, 0.1) is 17.3 Å². The van der Waals surface area contributed by atoms with Crippen LogP contribution in [0.1, 0.15) is 32.0 Å². The molecule has 2 heterocycles. The summed E-state index contributed by atoms with van der Waals surface area (Å²) in [6, 6.07) is 13.9. The van der Waals surface area contributed by atoms with E-state index in [1.807, 2.05) is 36.4 Å². The van der Waals surface area contributed by atoms with E-state index in [0.717, 1.165) is 30.2 Å². The lowest BCUT2D eigenvalue weighted by molar-refractivity contribution is 0.300. The second-order valence-corrected chi connectivity index (χ2v) is 8.43. The largest absolute Gasteiger partial charge is 0.487 e. The first kappa shape index (κ1) is 22.3. The second kappa shape index (κ2) is 10.6. The molecule has 0 fully saturated rings. The lowest BCUT2D eigenvalue weighted by atomic mass is 9.98. The van der Waals surface area contributed by atoms with E-state index in [0.29, 0.717) is 12.4 Å². The fraction of sp³-hybridized carbons (Fsp3) is 0.308. The van der Waals surface area contributed by atoms with Crippen molar-refractivity contribution in [2.24, 2.45) is 5.41 Å². The Morgan fingerprint density at radius 2 is 2.00 bits per heavy atom. The maximum absolute atomic E-state index is 5.97. The quantitative estimate of drug-likeness (QED) is 0.464. The molecule has 1 aromatic carbocycles. The van der Waals surface area contributed by atoms with Crippen LogP contribution in [0.3, 0.4) is 0 Å². The highest BCUT2D eigenvalue weighted by atomic mass is 16.5. The fourth-order valence-corrected chi connectivity index (χ4v) is 2.86. The van der Waals surface area contributed by atoms with E-state index >= 15 is 0 Å². The van der Waals surface area contributed by atoms with Crippen LogP contribution in [-0.2, 0) is 13.2 Å². The molecule has 0 aliphatic rings. The van der Waals surface area contributed by atoms with Crippen molar-refractivity contribution in [3.8, 4) is 29.0 Å². The zero-order chi connectivity index (χ0) is 22.1. The van der Waals surface area contributed by atoms with Crippen molar-refractivity contribution in [1.29, 1.82) is 0 Å². The Balaban J connectivity index is 1.53. The molecule has 3 aromatic rings. The maximum Gasteiger partial charge on any atom is 0.181 e. The second-order valence-electron chi connectivity index (χ2n) is 8.43. The molecule has 0 aliphatic carbocycles. The third-order valence-corrected chi connectivity index (χ3v) is 4.29. The number of allylic oxidation sites excluding steroid dienone is 1. The Morgan fingerprint density at radius 3 is 2.77 bits per heavy atom. The van der Waals surface area contributed by atoms with E-state index in [-0.39, 0.29) is 5.41 Å². The van der Waals surface area contributed by atoms with Gasteiger partial charge in [-0.05, 0) is 63.7 Å². The van der Waals surface area contributed by atoms with Gasteiger partial charge in [-0.15, -0.1) is 0 Å². The van der Waals surface area contributed by atoms with Gasteiger partial charge in [0.25, 0.3) is 0 Å². The van der Waals surface area contributed by atoms with E-state index < -0.39 is 0 Å². The Labute approximate surface area is 184 Å². The van der Waals surface area contributed by atoms with Crippen LogP contribution in [-0.4, -0.2) is 28.5 Å². The molecule has 160 valence electrons. The number of hydrogen-bond acceptors (Lipinski definition) is 5. The smallest absolute Gasteiger partial charge is 0.181 e. The van der Waals surface area contributed by atoms with Gasteiger partial charge in [-0.2, -0.15) is 0 Å². The molecule has 0 saturated carbocycles. The van der Waals surface area contributed by atoms with Gasteiger partial charge in [0.1, 0.15) is 18.1 Å². The van der Waals surface area contributed by atoms with Crippen molar-refractivity contribution < 1.29 is 9.15 Å². The van der Waals surface area contributed by atoms with Crippen LogP contribution in [0.2, 0.25) is 0 Å². The fourth-order valence-electron chi connectivity index (χ4n) is 2.86. The Bertz CT molecular complexity index is 1050. The third-order valence-electron chi connectivity index (χ3n) is 4.29. The SMILES string of the molecule is CN(C/C=C/C#CC(C)(C)C)Cc1cccc(OCc2cccc(-c3cnco3)n2)c1. The highest BCUT2D eigenvalue weighted by Crippen LogP contribution is 2.19. The minimum absolute atomic E-state index is 0.0312. The molecule has 5 heteroatoms. The highest BCUT2D eigenvalue weighted by molar-refractivity contribution is 5.50. The summed E-state index contributed by atoms with van der Waals surface area (Å²) in [4.78, 5) is 10.8. The van der Waals surface area contributed by atoms with Gasteiger partial charge in [0.2, 0.25) is 0 Å². The van der Waals surface area contributed by atoms with Crippen LogP contribution in [0.5, 0.6) is 5.75 Å². The first-order valence-corrected chi connectivity index (χ1v) is 10.3. The number of pyridine rings is 1. The van der Waals surface area contributed by atoms with Crippen molar-refractivity contribution in [2.75, 3.05) is 13.6 Å². The molecule has 3 rings (SSSR count). The molecule has 5 nitrogen and oxygen atoms in total. The van der Waals surface area contributed by atoms with Crippen molar-refractivity contribution >= 4 is 0 Å². The van der Waals surface area contributed by atoms with Crippen molar-refractivity contribution in [3.63, 3.8) is 0 Å². The standard InChI is InChI=1S/C26H29N3O2/c1-26(2,3)14-6-5-7-15-29(4)18-21-10-8-12-23(16-21)30-19-22-11-9-13-24(28-22)25-17-27-20-31-25/h5,7-13,16-17,20H,15,18-19H2,1-4H3/b7-5+. The van der Waals surface area contributed by atoms with Crippen molar-refractivity contribution in [1.82, 2.24) is 14.9 Å². The molecule has 0 bridgehead atoms. The first-order chi connectivity index (χ1) is 14.9. The van der Waals surface area contributed by atoms with Gasteiger partial charge in [-0.25, -0.2) is 9.97 Å². The lowest BCUT2D eigenvalue weighted by Crippen LogP contribution is -2.17. The van der Waals surface area contributed by atoms with Crippen LogP contribution < -0.4 is 4.74 Å². The van der Waals surface area contributed by atoms with Crippen LogP contribution in [0.25, 0.3) is 11.5 Å². The zero-order valence-electron chi connectivity index (χ0n) is 18.6. The molecule has 31 heavy (non-hydrogen) atoms. The summed E-state index contributed by atoms with van der Waals surface area (Å²) in [5.41, 5.74) is 2.80. The Kier molecular flexibility index (Phi) is 7.64. The summed E-state index contributed by atoms with van der Waals surface area (Å²) < 4.78 is 11.3. The molecule has 0 N–H and O–H groups in total. The van der Waals surface area contributed by atoms with E-state index in [9.17, 15) is 0 Å². The van der Waals surface area contributed by atoms with Crippen LogP contribution >= 0.6 is 0 Å². The summed E-state index contributed by atoms with van der Waals surface area (Å²) in [6.07, 6.45) is 7.07. The molecule has 0 saturated heterocycles. The number of benzene rings is 1. The van der Waals surface area contributed by atoms with Gasteiger partial charge in [-0.3, -0.25) is 4.90 Å². The maximum atomic E-state index is 5.97. The predicted octanol–water partition coefficient (Wildman–Crippen LogP) is 5.35. The molecule has 0 unspecified atom stereocenters. The molecule has 0 aliphatic heterocycles. The van der Waals surface area contributed by atoms with Gasteiger partial charge < -0.3 is 9.15 Å². The average Bonchev–Trinajstić information content (AvgIpc) is 3.27. The van der Waals surface area contributed by atoms with E-state index in [2.05, 4.69) is 72.7 Å². The van der Waals surface area contributed by atoms with Crippen LogP contribution in [0.4, 0.5) is 0 Å². The van der Waals surface area contributed by atoms with Crippen molar-refractivity contribution in [2.45, 2.75) is 33.9 Å². The van der Waals surface area contributed by atoms with E-state index in [1.54, 1.807) is 6.20 Å². The molecular weight excluding hydrogens is 386 g/mol. The van der Waals surface area contributed by atoms with Crippen molar-refractivity contribution in [3.05, 3.63) is 78.5 Å². The lowest BCUT2D eigenvalue weighted by Gasteiger charge is -2.15. The number of ether oxygens (including phenoxy) is 1. The third kappa shape index (κ3) is 7.76. The summed E-state index contributed by atoms with van der Waals surface area (Å²) in [5, 5.41) is 0. The number of aromatic nitrogens is 2. The summed E-state index contributed by atoms with van der Waals surface area (Å²) >= 11 is 0. The van der Waals surface area contributed by atoms with Gasteiger partial charge in [0, 0.05) is 18.5 Å². The molecule has 0 radical (unpaired) electrons. The number of oxazole rings is 1. The summed E-state index contributed by atoms with van der Waals surface area (Å²) in [5.74, 6) is 7.78. The van der Waals surface area contributed by atoms with Gasteiger partial charge in [0.05, 0.1) is 11.9 Å². The average molecular weight is 416 g/mol. The molecule has 0 amide bonds. The number of likely N-dealkylation sites (N-methyl/N-ethyl adjacent to an activating group) is 1. The van der Waals surface area contributed by atoms with Gasteiger partial charge in [0.15, 0.2) is 12.2 Å². The topological polar surface area (TPSA) is 51.4 Å². The normalized spacial score (nSPS) is 11.5.